The molecule has 2 aromatic heterocycles. The summed E-state index contributed by atoms with van der Waals surface area (Å²) in [7, 11) is 0. The van der Waals surface area contributed by atoms with Crippen molar-refractivity contribution in [2.24, 2.45) is 0 Å². The highest BCUT2D eigenvalue weighted by Gasteiger charge is 2.23. The summed E-state index contributed by atoms with van der Waals surface area (Å²) in [6.45, 7) is 3.21. The van der Waals surface area contributed by atoms with Crippen LogP contribution in [0.25, 0.3) is 27.9 Å². The zero-order valence-electron chi connectivity index (χ0n) is 17.2. The number of carbonyl (C=O) groups is 1. The molecule has 3 heterocycles. The Morgan fingerprint density at radius 1 is 1.19 bits per heavy atom. The zero-order chi connectivity index (χ0) is 21.2. The van der Waals surface area contributed by atoms with E-state index in [-0.39, 0.29) is 17.3 Å². The molecular weight excluding hydrogens is 410 g/mol. The van der Waals surface area contributed by atoms with E-state index in [2.05, 4.69) is 15.5 Å². The summed E-state index contributed by atoms with van der Waals surface area (Å²) >= 11 is 1.38. The van der Waals surface area contributed by atoms with Crippen molar-refractivity contribution < 1.29 is 9.53 Å². The van der Waals surface area contributed by atoms with Crippen molar-refractivity contribution in [2.75, 3.05) is 13.2 Å². The number of amides is 1. The predicted molar refractivity (Wildman–Crippen MR) is 121 cm³/mol. The second kappa shape index (κ2) is 8.64. The topological polar surface area (TPSA) is 81.4 Å². The Balaban J connectivity index is 1.49. The minimum absolute atomic E-state index is 0.0349. The van der Waals surface area contributed by atoms with E-state index in [0.29, 0.717) is 11.7 Å². The third kappa shape index (κ3) is 4.00. The number of benzene rings is 2. The summed E-state index contributed by atoms with van der Waals surface area (Å²) in [5.74, 6) is 0.723. The highest BCUT2D eigenvalue weighted by Crippen LogP contribution is 2.30. The number of para-hydroxylation sites is 1. The molecule has 0 saturated carbocycles. The van der Waals surface area contributed by atoms with Crippen LogP contribution in [0.3, 0.4) is 0 Å². The Hall–Kier alpha value is -2.97. The number of nitrogens with one attached hydrogen (secondary N) is 1. The van der Waals surface area contributed by atoms with Gasteiger partial charge < -0.3 is 10.1 Å². The van der Waals surface area contributed by atoms with Crippen LogP contribution >= 0.6 is 11.8 Å². The number of hydrogen-bond donors (Lipinski definition) is 1. The lowest BCUT2D eigenvalue weighted by molar-refractivity contribution is -0.120. The van der Waals surface area contributed by atoms with Crippen LogP contribution in [-0.4, -0.2) is 50.0 Å². The summed E-state index contributed by atoms with van der Waals surface area (Å²) in [5.41, 5.74) is 2.56. The number of rotatable bonds is 6. The van der Waals surface area contributed by atoms with Crippen LogP contribution in [0.4, 0.5) is 0 Å². The highest BCUT2D eigenvalue weighted by molar-refractivity contribution is 8.00. The molecule has 8 heteroatoms. The van der Waals surface area contributed by atoms with Crippen LogP contribution in [0, 0.1) is 0 Å². The van der Waals surface area contributed by atoms with Gasteiger partial charge in [-0.15, -0.1) is 10.2 Å². The highest BCUT2D eigenvalue weighted by atomic mass is 32.2. The molecule has 31 heavy (non-hydrogen) atoms. The summed E-state index contributed by atoms with van der Waals surface area (Å²) in [4.78, 5) is 17.6. The Kier molecular flexibility index (Phi) is 5.57. The van der Waals surface area contributed by atoms with Crippen LogP contribution in [0.5, 0.6) is 0 Å². The molecule has 1 saturated heterocycles. The van der Waals surface area contributed by atoms with Crippen molar-refractivity contribution in [3.63, 3.8) is 0 Å². The second-order valence-electron chi connectivity index (χ2n) is 7.60. The Labute approximate surface area is 184 Å². The lowest BCUT2D eigenvalue weighted by Crippen LogP contribution is -2.36. The van der Waals surface area contributed by atoms with Crippen molar-refractivity contribution >= 4 is 34.2 Å². The average molecular weight is 434 g/mol. The number of hydrogen-bond acceptors (Lipinski definition) is 6. The zero-order valence-corrected chi connectivity index (χ0v) is 18.0. The SMILES string of the molecule is C[C@H](Sc1nnc2c3ccccc3nc(-c3ccccc3)n12)C(=O)NC[C@@H]1CCCO1. The molecule has 1 N–H and O–H groups in total. The van der Waals surface area contributed by atoms with E-state index in [1.165, 1.54) is 11.8 Å². The molecule has 158 valence electrons. The van der Waals surface area contributed by atoms with Crippen molar-refractivity contribution in [3.05, 3.63) is 54.6 Å². The summed E-state index contributed by atoms with van der Waals surface area (Å²) in [6.07, 6.45) is 2.17. The van der Waals surface area contributed by atoms with Crippen molar-refractivity contribution in [1.82, 2.24) is 24.9 Å². The predicted octanol–water partition coefficient (Wildman–Crippen LogP) is 3.72. The summed E-state index contributed by atoms with van der Waals surface area (Å²) < 4.78 is 7.55. The van der Waals surface area contributed by atoms with Crippen molar-refractivity contribution in [2.45, 2.75) is 36.3 Å². The van der Waals surface area contributed by atoms with Gasteiger partial charge in [-0.3, -0.25) is 9.20 Å². The average Bonchev–Trinajstić information content (AvgIpc) is 3.48. The lowest BCUT2D eigenvalue weighted by Gasteiger charge is -2.15. The van der Waals surface area contributed by atoms with Crippen LogP contribution in [0.1, 0.15) is 19.8 Å². The van der Waals surface area contributed by atoms with Crippen molar-refractivity contribution in [3.8, 4) is 11.4 Å². The van der Waals surface area contributed by atoms with Gasteiger partial charge in [0.25, 0.3) is 0 Å². The molecule has 0 aliphatic carbocycles. The monoisotopic (exact) mass is 433 g/mol. The van der Waals surface area contributed by atoms with Gasteiger partial charge in [0.2, 0.25) is 5.91 Å². The number of aromatic nitrogens is 4. The van der Waals surface area contributed by atoms with Gasteiger partial charge in [-0.2, -0.15) is 0 Å². The van der Waals surface area contributed by atoms with E-state index in [9.17, 15) is 4.79 Å². The normalized spacial score (nSPS) is 17.3. The minimum Gasteiger partial charge on any atom is -0.376 e. The van der Waals surface area contributed by atoms with Crippen LogP contribution in [-0.2, 0) is 9.53 Å². The molecule has 0 unspecified atom stereocenters. The smallest absolute Gasteiger partial charge is 0.233 e. The molecule has 2 aromatic carbocycles. The maximum atomic E-state index is 12.7. The molecule has 1 amide bonds. The van der Waals surface area contributed by atoms with Gasteiger partial charge in [-0.05, 0) is 31.9 Å². The first-order chi connectivity index (χ1) is 15.2. The fraction of sp³-hybridized carbons (Fsp3) is 0.304. The van der Waals surface area contributed by atoms with E-state index >= 15 is 0 Å². The third-order valence-corrected chi connectivity index (χ3v) is 6.47. The Morgan fingerprint density at radius 3 is 2.81 bits per heavy atom. The van der Waals surface area contributed by atoms with E-state index in [4.69, 9.17) is 9.72 Å². The van der Waals surface area contributed by atoms with Crippen molar-refractivity contribution in [1.29, 1.82) is 0 Å². The lowest BCUT2D eigenvalue weighted by atomic mass is 10.2. The fourth-order valence-corrected chi connectivity index (χ4v) is 4.66. The molecule has 1 aliphatic heterocycles. The first-order valence-electron chi connectivity index (χ1n) is 10.5. The number of fused-ring (bicyclic) bond motifs is 3. The van der Waals surface area contributed by atoms with Gasteiger partial charge in [0.1, 0.15) is 5.82 Å². The summed E-state index contributed by atoms with van der Waals surface area (Å²) in [6, 6.07) is 17.9. The Morgan fingerprint density at radius 2 is 2.00 bits per heavy atom. The number of nitrogens with zero attached hydrogens (tertiary/aromatic N) is 4. The van der Waals surface area contributed by atoms with Crippen LogP contribution in [0.15, 0.2) is 59.8 Å². The summed E-state index contributed by atoms with van der Waals surface area (Å²) in [5, 5.41) is 13.1. The van der Waals surface area contributed by atoms with Gasteiger partial charge in [-0.1, -0.05) is 54.2 Å². The van der Waals surface area contributed by atoms with E-state index in [0.717, 1.165) is 47.4 Å². The van der Waals surface area contributed by atoms with Gasteiger partial charge in [-0.25, -0.2) is 4.98 Å². The first kappa shape index (κ1) is 20.0. The molecule has 7 nitrogen and oxygen atoms in total. The number of thioether (sulfide) groups is 1. The molecule has 0 spiro atoms. The first-order valence-corrected chi connectivity index (χ1v) is 11.3. The van der Waals surface area contributed by atoms with Gasteiger partial charge in [0.05, 0.1) is 16.9 Å². The largest absolute Gasteiger partial charge is 0.376 e. The maximum Gasteiger partial charge on any atom is 0.233 e. The standard InChI is InChI=1S/C23H23N5O2S/c1-15(22(29)24-14-17-10-7-13-30-17)31-23-27-26-21-18-11-5-6-12-19(18)25-20(28(21)23)16-8-3-2-4-9-16/h2-6,8-9,11-12,15,17H,7,10,13-14H2,1H3,(H,24,29)/t15-,17-/m0/s1. The van der Waals surface area contributed by atoms with Gasteiger partial charge >= 0.3 is 0 Å². The number of carbonyl (C=O) groups excluding carboxylic acids is 1. The molecular formula is C23H23N5O2S. The third-order valence-electron chi connectivity index (χ3n) is 5.43. The molecule has 1 aliphatic rings. The van der Waals surface area contributed by atoms with E-state index in [1.807, 2.05) is 65.9 Å². The maximum absolute atomic E-state index is 12.7. The fourth-order valence-electron chi connectivity index (χ4n) is 3.79. The molecule has 4 aromatic rings. The molecule has 0 bridgehead atoms. The minimum atomic E-state index is -0.330. The quantitative estimate of drug-likeness (QED) is 0.467. The van der Waals surface area contributed by atoms with Gasteiger partial charge in [0, 0.05) is 24.1 Å². The van der Waals surface area contributed by atoms with Gasteiger partial charge in [0.15, 0.2) is 10.8 Å². The molecule has 5 rings (SSSR count). The van der Waals surface area contributed by atoms with E-state index < -0.39 is 0 Å². The van der Waals surface area contributed by atoms with Crippen LogP contribution in [0.2, 0.25) is 0 Å². The van der Waals surface area contributed by atoms with E-state index in [1.54, 1.807) is 0 Å². The number of ether oxygens (including phenoxy) is 1. The second-order valence-corrected chi connectivity index (χ2v) is 8.91. The Bertz CT molecular complexity index is 1220. The molecule has 0 radical (unpaired) electrons. The molecule has 1 fully saturated rings. The van der Waals surface area contributed by atoms with Crippen LogP contribution < -0.4 is 5.32 Å². The molecule has 2 atom stereocenters.